The maximum Gasteiger partial charge on any atom is 0.303 e. The Hall–Kier alpha value is -2.46. The Bertz CT molecular complexity index is 841. The zero-order valence-electron chi connectivity index (χ0n) is 17.1. The van der Waals surface area contributed by atoms with E-state index >= 15 is 0 Å². The van der Waals surface area contributed by atoms with E-state index in [4.69, 9.17) is 4.74 Å². The number of rotatable bonds is 5. The van der Waals surface area contributed by atoms with Crippen LogP contribution in [-0.4, -0.2) is 43.4 Å². The van der Waals surface area contributed by atoms with Gasteiger partial charge in [0.25, 0.3) is 0 Å². The summed E-state index contributed by atoms with van der Waals surface area (Å²) in [5.41, 5.74) is 4.44. The molecule has 3 atom stereocenters. The number of benzene rings is 2. The molecule has 4 nitrogen and oxygen atoms in total. The fraction of sp³-hybridized carbons (Fsp3) is 0.417. The molecule has 0 aliphatic heterocycles. The summed E-state index contributed by atoms with van der Waals surface area (Å²) in [6.07, 6.45) is 0.627. The average molecular weight is 380 g/mol. The van der Waals surface area contributed by atoms with Crippen molar-refractivity contribution >= 4 is 11.8 Å². The highest BCUT2D eigenvalue weighted by Crippen LogP contribution is 2.38. The number of carbonyl (C=O) groups is 2. The van der Waals surface area contributed by atoms with Crippen molar-refractivity contribution in [1.29, 1.82) is 0 Å². The fourth-order valence-electron chi connectivity index (χ4n) is 4.06. The molecule has 0 aromatic heterocycles. The summed E-state index contributed by atoms with van der Waals surface area (Å²) in [4.78, 5) is 27.6. The van der Waals surface area contributed by atoms with Crippen molar-refractivity contribution in [1.82, 2.24) is 4.90 Å². The van der Waals surface area contributed by atoms with Crippen molar-refractivity contribution in [3.63, 3.8) is 0 Å². The minimum absolute atomic E-state index is 0.00701. The van der Waals surface area contributed by atoms with Crippen LogP contribution >= 0.6 is 0 Å². The molecule has 0 heterocycles. The van der Waals surface area contributed by atoms with Crippen LogP contribution in [0.1, 0.15) is 47.4 Å². The third-order valence-electron chi connectivity index (χ3n) is 5.52. The first-order valence-electron chi connectivity index (χ1n) is 9.87. The third-order valence-corrected chi connectivity index (χ3v) is 5.52. The van der Waals surface area contributed by atoms with Crippen molar-refractivity contribution in [3.8, 4) is 0 Å². The van der Waals surface area contributed by atoms with Crippen LogP contribution in [-0.2, 0) is 20.7 Å². The van der Waals surface area contributed by atoms with E-state index in [1.165, 1.54) is 12.5 Å². The predicted octanol–water partition coefficient (Wildman–Crippen LogP) is 3.87. The Morgan fingerprint density at radius 3 is 2.43 bits per heavy atom. The minimum Gasteiger partial charge on any atom is -0.454 e. The fourth-order valence-corrected chi connectivity index (χ4v) is 4.06. The van der Waals surface area contributed by atoms with E-state index in [1.54, 1.807) is 0 Å². The molecule has 148 valence electrons. The topological polar surface area (TPSA) is 46.6 Å². The molecule has 4 heteroatoms. The molecule has 0 saturated carbocycles. The summed E-state index contributed by atoms with van der Waals surface area (Å²) in [6.45, 7) is 4.22. The number of hydrogen-bond donors (Lipinski definition) is 0. The number of aryl methyl sites for hydroxylation is 1. The summed E-state index contributed by atoms with van der Waals surface area (Å²) in [7, 11) is 4.01. The molecule has 1 aliphatic rings. The minimum atomic E-state index is -0.764. The lowest BCUT2D eigenvalue weighted by Gasteiger charge is -2.26. The van der Waals surface area contributed by atoms with Crippen molar-refractivity contribution in [2.75, 3.05) is 20.6 Å². The highest BCUT2D eigenvalue weighted by molar-refractivity contribution is 5.93. The molecule has 28 heavy (non-hydrogen) atoms. The smallest absolute Gasteiger partial charge is 0.303 e. The number of nitrogens with zero attached hydrogens (tertiary/aromatic N) is 1. The summed E-state index contributed by atoms with van der Waals surface area (Å²) < 4.78 is 5.65. The Morgan fingerprint density at radius 2 is 1.79 bits per heavy atom. The van der Waals surface area contributed by atoms with Gasteiger partial charge in [0.1, 0.15) is 0 Å². The van der Waals surface area contributed by atoms with E-state index in [2.05, 4.69) is 17.0 Å². The maximum absolute atomic E-state index is 13.6. The summed E-state index contributed by atoms with van der Waals surface area (Å²) in [6, 6.07) is 16.3. The first kappa shape index (κ1) is 20.3. The quantitative estimate of drug-likeness (QED) is 0.584. The highest BCUT2D eigenvalue weighted by atomic mass is 16.5. The number of carbonyl (C=O) groups excluding carboxylic acids is 2. The van der Waals surface area contributed by atoms with Gasteiger partial charge in [0.05, 0.1) is 0 Å². The Kier molecular flexibility index (Phi) is 6.30. The van der Waals surface area contributed by atoms with Crippen LogP contribution in [0.2, 0.25) is 0 Å². The van der Waals surface area contributed by atoms with Gasteiger partial charge in [-0.1, -0.05) is 54.1 Å². The van der Waals surface area contributed by atoms with E-state index < -0.39 is 12.1 Å². The van der Waals surface area contributed by atoms with E-state index in [1.807, 2.05) is 57.4 Å². The molecule has 0 amide bonds. The normalized spacial score (nSPS) is 21.9. The SMILES string of the molecule is CC(=O)OC1C(=O)C(CCN(C)C)c2ccccc2CC1c1ccc(C)cc1. The first-order valence-corrected chi connectivity index (χ1v) is 9.87. The molecule has 3 unspecified atom stereocenters. The van der Waals surface area contributed by atoms with Crippen molar-refractivity contribution in [3.05, 3.63) is 70.8 Å². The maximum atomic E-state index is 13.6. The molecular weight excluding hydrogens is 350 g/mol. The van der Waals surface area contributed by atoms with Gasteiger partial charge in [-0.05, 0) is 57.1 Å². The number of esters is 1. The summed E-state index contributed by atoms with van der Waals surface area (Å²) in [5.74, 6) is -0.846. The lowest BCUT2D eigenvalue weighted by molar-refractivity contribution is -0.155. The van der Waals surface area contributed by atoms with Crippen LogP contribution in [0.5, 0.6) is 0 Å². The lowest BCUT2D eigenvalue weighted by Crippen LogP contribution is -2.36. The van der Waals surface area contributed by atoms with Gasteiger partial charge >= 0.3 is 5.97 Å². The molecule has 1 aliphatic carbocycles. The highest BCUT2D eigenvalue weighted by Gasteiger charge is 2.40. The van der Waals surface area contributed by atoms with Crippen molar-refractivity contribution in [2.24, 2.45) is 0 Å². The first-order chi connectivity index (χ1) is 13.4. The van der Waals surface area contributed by atoms with E-state index in [-0.39, 0.29) is 17.6 Å². The number of ether oxygens (including phenoxy) is 1. The Balaban J connectivity index is 2.07. The van der Waals surface area contributed by atoms with Crippen molar-refractivity contribution < 1.29 is 14.3 Å². The molecular formula is C24H29NO3. The zero-order valence-corrected chi connectivity index (χ0v) is 17.1. The predicted molar refractivity (Wildman–Crippen MR) is 111 cm³/mol. The van der Waals surface area contributed by atoms with Gasteiger partial charge in [-0.15, -0.1) is 0 Å². The third kappa shape index (κ3) is 4.50. The molecule has 3 rings (SSSR count). The second kappa shape index (κ2) is 8.70. The van der Waals surface area contributed by atoms with Gasteiger partial charge in [-0.3, -0.25) is 9.59 Å². The standard InChI is InChI=1S/C24H29NO3/c1-16-9-11-18(12-10-16)22-15-19-7-5-6-8-20(19)21(13-14-25(3)4)23(27)24(22)28-17(2)26/h5-12,21-22,24H,13-15H2,1-4H3. The zero-order chi connectivity index (χ0) is 20.3. The number of Topliss-reactive ketones (excluding diaryl/α,β-unsaturated/α-hetero) is 1. The summed E-state index contributed by atoms with van der Waals surface area (Å²) in [5, 5.41) is 0. The monoisotopic (exact) mass is 379 g/mol. The van der Waals surface area contributed by atoms with Crippen LogP contribution in [0.4, 0.5) is 0 Å². The molecule has 0 bridgehead atoms. The van der Waals surface area contributed by atoms with E-state index in [9.17, 15) is 9.59 Å². The van der Waals surface area contributed by atoms with Crippen molar-refractivity contribution in [2.45, 2.75) is 44.6 Å². The Morgan fingerprint density at radius 1 is 1.11 bits per heavy atom. The molecule has 0 spiro atoms. The van der Waals surface area contributed by atoms with Gasteiger partial charge in [0.2, 0.25) is 0 Å². The van der Waals surface area contributed by atoms with Crippen LogP contribution in [0, 0.1) is 6.92 Å². The second-order valence-corrected chi connectivity index (χ2v) is 8.00. The van der Waals surface area contributed by atoms with Crippen LogP contribution in [0.15, 0.2) is 48.5 Å². The largest absolute Gasteiger partial charge is 0.454 e. The molecule has 0 radical (unpaired) electrons. The van der Waals surface area contributed by atoms with Gasteiger partial charge < -0.3 is 9.64 Å². The molecule has 2 aromatic rings. The number of ketones is 1. The van der Waals surface area contributed by atoms with Gasteiger partial charge in [-0.25, -0.2) is 0 Å². The van der Waals surface area contributed by atoms with Crippen LogP contribution < -0.4 is 0 Å². The van der Waals surface area contributed by atoms with Gasteiger partial charge in [-0.2, -0.15) is 0 Å². The summed E-state index contributed by atoms with van der Waals surface area (Å²) >= 11 is 0. The van der Waals surface area contributed by atoms with E-state index in [0.29, 0.717) is 12.8 Å². The second-order valence-electron chi connectivity index (χ2n) is 8.00. The average Bonchev–Trinajstić information content (AvgIpc) is 2.76. The van der Waals surface area contributed by atoms with E-state index in [0.717, 1.165) is 23.2 Å². The van der Waals surface area contributed by atoms with Crippen LogP contribution in [0.25, 0.3) is 0 Å². The molecule has 0 N–H and O–H groups in total. The molecule has 0 fully saturated rings. The number of hydrogen-bond acceptors (Lipinski definition) is 4. The Labute approximate surface area is 167 Å². The lowest BCUT2D eigenvalue weighted by atomic mass is 9.85. The van der Waals surface area contributed by atoms with Gasteiger partial charge in [0, 0.05) is 18.8 Å². The van der Waals surface area contributed by atoms with Gasteiger partial charge in [0.15, 0.2) is 11.9 Å². The van der Waals surface area contributed by atoms with Crippen LogP contribution in [0.3, 0.4) is 0 Å². The molecule has 0 saturated heterocycles. The molecule has 2 aromatic carbocycles. The number of fused-ring (bicyclic) bond motifs is 1.